The van der Waals surface area contributed by atoms with E-state index in [1.165, 1.54) is 59.2 Å². The molecule has 2 heterocycles. The molecule has 0 radical (unpaired) electrons. The molecule has 230 valence electrons. The second-order valence-electron chi connectivity index (χ2n) is 10.5. The van der Waals surface area contributed by atoms with Crippen molar-refractivity contribution in [2.75, 3.05) is 17.2 Å². The fraction of sp³-hybridized carbons (Fsp3) is 0.290. The summed E-state index contributed by atoms with van der Waals surface area (Å²) in [5.41, 5.74) is 3.80. The summed E-state index contributed by atoms with van der Waals surface area (Å²) >= 11 is 1.50. The number of carbonyl (C=O) groups excluding carboxylic acids is 1. The lowest BCUT2D eigenvalue weighted by Crippen LogP contribution is -2.36. The van der Waals surface area contributed by atoms with E-state index in [0.29, 0.717) is 23.2 Å². The summed E-state index contributed by atoms with van der Waals surface area (Å²) in [5, 5.41) is 7.92. The fourth-order valence-electron chi connectivity index (χ4n) is 4.74. The van der Waals surface area contributed by atoms with Crippen LogP contribution in [-0.4, -0.2) is 44.6 Å². The lowest BCUT2D eigenvalue weighted by Gasteiger charge is -2.32. The second-order valence-corrected chi connectivity index (χ2v) is 11.5. The van der Waals surface area contributed by atoms with Gasteiger partial charge in [0.25, 0.3) is 0 Å². The average molecular weight is 627 g/mol. The molecule has 8 nitrogen and oxygen atoms in total. The van der Waals surface area contributed by atoms with Crippen molar-refractivity contribution in [3.05, 3.63) is 90.0 Å². The number of amidine groups is 1. The van der Waals surface area contributed by atoms with Crippen LogP contribution in [0, 0.1) is 5.82 Å². The normalized spacial score (nSPS) is 15.5. The minimum absolute atomic E-state index is 0.0999. The van der Waals surface area contributed by atoms with Crippen molar-refractivity contribution in [1.29, 1.82) is 0 Å². The Labute approximate surface area is 256 Å². The summed E-state index contributed by atoms with van der Waals surface area (Å²) in [6, 6.07) is 16.6. The summed E-state index contributed by atoms with van der Waals surface area (Å²) in [6.45, 7) is 6.55. The van der Waals surface area contributed by atoms with Crippen LogP contribution in [-0.2, 0) is 0 Å². The third-order valence-corrected chi connectivity index (χ3v) is 7.99. The van der Waals surface area contributed by atoms with E-state index in [0.717, 1.165) is 34.6 Å². The van der Waals surface area contributed by atoms with E-state index in [1.54, 1.807) is 6.07 Å². The van der Waals surface area contributed by atoms with Gasteiger partial charge in [0, 0.05) is 23.5 Å². The highest BCUT2D eigenvalue weighted by Gasteiger charge is 2.31. The van der Waals surface area contributed by atoms with Crippen LogP contribution in [0.5, 0.6) is 5.75 Å². The number of urea groups is 1. The van der Waals surface area contributed by atoms with Gasteiger partial charge >= 0.3 is 12.4 Å². The lowest BCUT2D eigenvalue weighted by atomic mass is 10.00. The topological polar surface area (TPSA) is 84.6 Å². The van der Waals surface area contributed by atoms with Gasteiger partial charge in [-0.15, -0.1) is 18.3 Å². The number of benzene rings is 3. The van der Waals surface area contributed by atoms with Crippen LogP contribution in [0.1, 0.15) is 50.3 Å². The largest absolute Gasteiger partial charge is 0.573 e. The first-order valence-electron chi connectivity index (χ1n) is 13.9. The van der Waals surface area contributed by atoms with Crippen molar-refractivity contribution < 1.29 is 27.1 Å². The van der Waals surface area contributed by atoms with Gasteiger partial charge in [0.15, 0.2) is 11.0 Å². The molecule has 1 fully saturated rings. The summed E-state index contributed by atoms with van der Waals surface area (Å²) in [4.78, 5) is 23.6. The number of thioether (sulfide) groups is 1. The van der Waals surface area contributed by atoms with Crippen LogP contribution < -0.4 is 15.0 Å². The molecule has 0 bridgehead atoms. The number of amides is 2. The maximum atomic E-state index is 14.0. The van der Waals surface area contributed by atoms with E-state index < -0.39 is 12.4 Å². The zero-order valence-corrected chi connectivity index (χ0v) is 25.0. The highest BCUT2D eigenvalue weighted by molar-refractivity contribution is 8.14. The van der Waals surface area contributed by atoms with Crippen molar-refractivity contribution in [1.82, 2.24) is 20.1 Å². The first kappa shape index (κ1) is 31.0. The monoisotopic (exact) mass is 626 g/mol. The summed E-state index contributed by atoms with van der Waals surface area (Å²) < 4.78 is 56.6. The molecule has 1 atom stereocenters. The van der Waals surface area contributed by atoms with E-state index in [9.17, 15) is 22.4 Å². The Morgan fingerprint density at radius 3 is 2.45 bits per heavy atom. The van der Waals surface area contributed by atoms with Gasteiger partial charge in [0.05, 0.1) is 11.7 Å². The smallest absolute Gasteiger partial charge is 0.406 e. The minimum atomic E-state index is -4.76. The molecular weight excluding hydrogens is 596 g/mol. The molecule has 1 unspecified atom stereocenters. The number of nitrogens with one attached hydrogen (secondary N) is 1. The molecule has 3 aromatic carbocycles. The maximum absolute atomic E-state index is 14.0. The number of ether oxygens (including phenoxy) is 1. The van der Waals surface area contributed by atoms with Crippen LogP contribution in [0.3, 0.4) is 0 Å². The quantitative estimate of drug-likeness (QED) is 0.210. The van der Waals surface area contributed by atoms with Gasteiger partial charge in [-0.25, -0.2) is 18.9 Å². The van der Waals surface area contributed by atoms with Gasteiger partial charge in [-0.1, -0.05) is 49.9 Å². The number of hydrogen-bond donors (Lipinski definition) is 1. The van der Waals surface area contributed by atoms with E-state index in [-0.39, 0.29) is 23.5 Å². The molecule has 0 saturated carbocycles. The Morgan fingerprint density at radius 2 is 1.77 bits per heavy atom. The van der Waals surface area contributed by atoms with Crippen molar-refractivity contribution in [2.45, 2.75) is 45.5 Å². The van der Waals surface area contributed by atoms with Crippen molar-refractivity contribution in [3.63, 3.8) is 0 Å². The van der Waals surface area contributed by atoms with Crippen LogP contribution in [0.2, 0.25) is 0 Å². The minimum Gasteiger partial charge on any atom is -0.406 e. The Kier molecular flexibility index (Phi) is 9.23. The van der Waals surface area contributed by atoms with Crippen molar-refractivity contribution in [3.8, 4) is 22.8 Å². The SMILES string of the molecule is CC(C)c1cc(F)ccc1N1CCCSC1=NC(=O)NC(C)c1ccc(-c2ncn(-c3ccc(OC(F)(F)F)cc3)n2)cc1. The number of carbonyl (C=O) groups is 1. The Morgan fingerprint density at radius 1 is 1.05 bits per heavy atom. The summed E-state index contributed by atoms with van der Waals surface area (Å²) in [6.07, 6.45) is -2.38. The molecular formula is C31H30F4N6O2S. The van der Waals surface area contributed by atoms with Crippen LogP contribution >= 0.6 is 11.8 Å². The van der Waals surface area contributed by atoms with Gasteiger partial charge in [-0.3, -0.25) is 0 Å². The number of alkyl halides is 3. The van der Waals surface area contributed by atoms with Crippen molar-refractivity contribution >= 4 is 28.6 Å². The van der Waals surface area contributed by atoms with Gasteiger partial charge < -0.3 is 15.0 Å². The first-order chi connectivity index (χ1) is 21.0. The molecule has 4 aromatic rings. The molecule has 1 aromatic heterocycles. The molecule has 44 heavy (non-hydrogen) atoms. The zero-order chi connectivity index (χ0) is 31.4. The second kappa shape index (κ2) is 13.1. The number of anilines is 1. The fourth-order valence-corrected chi connectivity index (χ4v) is 5.69. The molecule has 2 amide bonds. The summed E-state index contributed by atoms with van der Waals surface area (Å²) in [7, 11) is 0. The standard InChI is InChI=1S/C31H30F4N6O2S/c1-19(2)26-17-23(32)9-14-27(26)40-15-4-16-44-30(40)38-29(42)37-20(3)21-5-7-22(8-6-21)28-36-18-41(39-28)24-10-12-25(13-11-24)43-31(33,34)35/h5-14,17-20H,4,15-16H2,1-3H3,(H,37,42). The number of aliphatic imine (C=N–C) groups is 1. The van der Waals surface area contributed by atoms with Crippen LogP contribution in [0.25, 0.3) is 17.1 Å². The third kappa shape index (κ3) is 7.57. The van der Waals surface area contributed by atoms with Gasteiger partial charge in [-0.2, -0.15) is 4.99 Å². The van der Waals surface area contributed by atoms with Gasteiger partial charge in [0.1, 0.15) is 17.9 Å². The highest BCUT2D eigenvalue weighted by atomic mass is 32.2. The van der Waals surface area contributed by atoms with Crippen LogP contribution in [0.4, 0.5) is 28.0 Å². The molecule has 1 aliphatic rings. The maximum Gasteiger partial charge on any atom is 0.573 e. The van der Waals surface area contributed by atoms with E-state index in [4.69, 9.17) is 0 Å². The molecule has 1 saturated heterocycles. The predicted molar refractivity (Wildman–Crippen MR) is 163 cm³/mol. The Bertz CT molecular complexity index is 1640. The van der Waals surface area contributed by atoms with E-state index in [2.05, 4.69) is 25.1 Å². The van der Waals surface area contributed by atoms with Gasteiger partial charge in [0.2, 0.25) is 0 Å². The Hall–Kier alpha value is -4.39. The molecule has 13 heteroatoms. The molecule has 5 rings (SSSR count). The number of aromatic nitrogens is 3. The lowest BCUT2D eigenvalue weighted by molar-refractivity contribution is -0.274. The van der Waals surface area contributed by atoms with Crippen molar-refractivity contribution in [2.24, 2.45) is 4.99 Å². The predicted octanol–water partition coefficient (Wildman–Crippen LogP) is 7.87. The highest BCUT2D eigenvalue weighted by Crippen LogP contribution is 2.33. The molecule has 0 spiro atoms. The Balaban J connectivity index is 1.24. The number of rotatable bonds is 7. The zero-order valence-electron chi connectivity index (χ0n) is 24.2. The molecule has 1 aliphatic heterocycles. The number of nitrogens with zero attached hydrogens (tertiary/aromatic N) is 5. The number of halogens is 4. The van der Waals surface area contributed by atoms with Crippen LogP contribution in [0.15, 0.2) is 78.0 Å². The third-order valence-electron chi connectivity index (χ3n) is 6.92. The molecule has 0 aliphatic carbocycles. The van der Waals surface area contributed by atoms with E-state index in [1.807, 2.05) is 49.9 Å². The first-order valence-corrected chi connectivity index (χ1v) is 14.9. The summed E-state index contributed by atoms with van der Waals surface area (Å²) in [5.74, 6) is 0.733. The van der Waals surface area contributed by atoms with Gasteiger partial charge in [-0.05, 0) is 72.9 Å². The number of hydrogen-bond acceptors (Lipinski definition) is 5. The van der Waals surface area contributed by atoms with E-state index >= 15 is 0 Å². The molecule has 1 N–H and O–H groups in total. The average Bonchev–Trinajstić information content (AvgIpc) is 3.47.